The van der Waals surface area contributed by atoms with Gasteiger partial charge in [0.25, 0.3) is 0 Å². The van der Waals surface area contributed by atoms with Gasteiger partial charge in [0, 0.05) is 13.0 Å². The zero-order valence-corrected chi connectivity index (χ0v) is 9.64. The van der Waals surface area contributed by atoms with E-state index in [1.807, 2.05) is 18.5 Å². The highest BCUT2D eigenvalue weighted by Crippen LogP contribution is 2.50. The predicted octanol–water partition coefficient (Wildman–Crippen LogP) is 0.812. The molecule has 88 valence electrons. The van der Waals surface area contributed by atoms with E-state index in [1.165, 1.54) is 0 Å². The third kappa shape index (κ3) is 2.15. The summed E-state index contributed by atoms with van der Waals surface area (Å²) in [5, 5.41) is 15.9. The van der Waals surface area contributed by atoms with Gasteiger partial charge in [0.2, 0.25) is 0 Å². The average molecular weight is 223 g/mol. The van der Waals surface area contributed by atoms with Crippen LogP contribution in [0.25, 0.3) is 0 Å². The Bertz CT molecular complexity index is 419. The molecule has 1 fully saturated rings. The standard InChI is InChI=1S/C10H17N5O/c1-7-12-8(2)15(13-7)6-10(3-4-10)5-9(11)14-16/h16H,3-6H2,1-2H3,(H2,11,14). The van der Waals surface area contributed by atoms with Gasteiger partial charge in [-0.25, -0.2) is 9.67 Å². The lowest BCUT2D eigenvalue weighted by Crippen LogP contribution is -2.22. The summed E-state index contributed by atoms with van der Waals surface area (Å²) in [6, 6.07) is 0. The van der Waals surface area contributed by atoms with Gasteiger partial charge in [-0.2, -0.15) is 5.10 Å². The molecule has 1 saturated carbocycles. The molecule has 0 unspecified atom stereocenters. The first-order valence-corrected chi connectivity index (χ1v) is 5.39. The predicted molar refractivity (Wildman–Crippen MR) is 59.2 cm³/mol. The molecule has 1 aliphatic rings. The van der Waals surface area contributed by atoms with Crippen LogP contribution in [0.3, 0.4) is 0 Å². The van der Waals surface area contributed by atoms with Crippen molar-refractivity contribution in [1.29, 1.82) is 0 Å². The Morgan fingerprint density at radius 2 is 2.25 bits per heavy atom. The van der Waals surface area contributed by atoms with Crippen molar-refractivity contribution in [2.75, 3.05) is 0 Å². The van der Waals surface area contributed by atoms with E-state index < -0.39 is 0 Å². The molecular formula is C10H17N5O. The van der Waals surface area contributed by atoms with E-state index in [0.717, 1.165) is 31.0 Å². The quantitative estimate of drug-likeness (QED) is 0.342. The summed E-state index contributed by atoms with van der Waals surface area (Å²) in [6.45, 7) is 4.63. The van der Waals surface area contributed by atoms with Crippen LogP contribution in [-0.2, 0) is 6.54 Å². The summed E-state index contributed by atoms with van der Waals surface area (Å²) in [5.74, 6) is 2.01. The molecule has 0 aromatic carbocycles. The summed E-state index contributed by atoms with van der Waals surface area (Å²) in [5.41, 5.74) is 5.68. The molecule has 0 aliphatic heterocycles. The number of hydrogen-bond acceptors (Lipinski definition) is 4. The van der Waals surface area contributed by atoms with Gasteiger partial charge in [0.1, 0.15) is 17.5 Å². The average Bonchev–Trinajstić information content (AvgIpc) is 2.89. The fourth-order valence-electron chi connectivity index (χ4n) is 2.02. The smallest absolute Gasteiger partial charge is 0.147 e. The maximum Gasteiger partial charge on any atom is 0.147 e. The number of aryl methyl sites for hydroxylation is 2. The second kappa shape index (κ2) is 3.77. The van der Waals surface area contributed by atoms with Crippen LogP contribution < -0.4 is 5.73 Å². The molecule has 0 amide bonds. The van der Waals surface area contributed by atoms with Crippen LogP contribution in [0, 0.1) is 19.3 Å². The minimum Gasteiger partial charge on any atom is -0.409 e. The Morgan fingerprint density at radius 1 is 1.56 bits per heavy atom. The fourth-order valence-corrected chi connectivity index (χ4v) is 2.02. The van der Waals surface area contributed by atoms with Crippen LogP contribution in [0.1, 0.15) is 30.9 Å². The van der Waals surface area contributed by atoms with Gasteiger partial charge in [-0.05, 0) is 32.1 Å². The van der Waals surface area contributed by atoms with Crippen LogP contribution in [0.4, 0.5) is 0 Å². The minimum absolute atomic E-state index is 0.126. The molecule has 0 radical (unpaired) electrons. The van der Waals surface area contributed by atoms with Crippen LogP contribution in [0.2, 0.25) is 0 Å². The number of aromatic nitrogens is 3. The topological polar surface area (TPSA) is 89.3 Å². The van der Waals surface area contributed by atoms with Crippen molar-refractivity contribution in [2.45, 2.75) is 39.7 Å². The second-order valence-corrected chi connectivity index (χ2v) is 4.63. The molecule has 0 bridgehead atoms. The van der Waals surface area contributed by atoms with Gasteiger partial charge in [-0.15, -0.1) is 0 Å². The molecule has 3 N–H and O–H groups in total. The van der Waals surface area contributed by atoms with Gasteiger partial charge < -0.3 is 10.9 Å². The van der Waals surface area contributed by atoms with Crippen LogP contribution in [-0.4, -0.2) is 25.8 Å². The SMILES string of the molecule is Cc1nc(C)n(CC2(CC(N)=NO)CC2)n1. The molecule has 1 aliphatic carbocycles. The van der Waals surface area contributed by atoms with Crippen molar-refractivity contribution in [3.63, 3.8) is 0 Å². The summed E-state index contributed by atoms with van der Waals surface area (Å²) in [6.07, 6.45) is 2.82. The number of rotatable bonds is 4. The normalized spacial score (nSPS) is 18.8. The first-order chi connectivity index (χ1) is 7.54. The Kier molecular flexibility index (Phi) is 2.57. The van der Waals surface area contributed by atoms with Crippen molar-refractivity contribution in [3.8, 4) is 0 Å². The molecule has 6 heteroatoms. The summed E-state index contributed by atoms with van der Waals surface area (Å²) in [4.78, 5) is 4.26. The lowest BCUT2D eigenvalue weighted by molar-refractivity contribution is 0.312. The van der Waals surface area contributed by atoms with E-state index in [2.05, 4.69) is 15.2 Å². The van der Waals surface area contributed by atoms with Crippen LogP contribution >= 0.6 is 0 Å². The largest absolute Gasteiger partial charge is 0.409 e. The lowest BCUT2D eigenvalue weighted by Gasteiger charge is -2.14. The second-order valence-electron chi connectivity index (χ2n) is 4.63. The highest BCUT2D eigenvalue weighted by atomic mass is 16.4. The molecule has 6 nitrogen and oxygen atoms in total. The maximum absolute atomic E-state index is 8.58. The Labute approximate surface area is 94.2 Å². The van der Waals surface area contributed by atoms with E-state index in [1.54, 1.807) is 0 Å². The van der Waals surface area contributed by atoms with Gasteiger partial charge >= 0.3 is 0 Å². The van der Waals surface area contributed by atoms with Crippen molar-refractivity contribution < 1.29 is 5.21 Å². The maximum atomic E-state index is 8.58. The van der Waals surface area contributed by atoms with Crippen molar-refractivity contribution >= 4 is 5.84 Å². The highest BCUT2D eigenvalue weighted by Gasteiger charge is 2.44. The molecule has 2 rings (SSSR count). The summed E-state index contributed by atoms with van der Waals surface area (Å²) >= 11 is 0. The van der Waals surface area contributed by atoms with Gasteiger partial charge in [0.15, 0.2) is 0 Å². The zero-order chi connectivity index (χ0) is 11.8. The number of oxime groups is 1. The number of hydrogen-bond donors (Lipinski definition) is 2. The van der Waals surface area contributed by atoms with Crippen LogP contribution in [0.15, 0.2) is 5.16 Å². The molecule has 0 atom stereocenters. The van der Waals surface area contributed by atoms with Crippen molar-refractivity contribution in [3.05, 3.63) is 11.6 Å². The third-order valence-electron chi connectivity index (χ3n) is 3.09. The highest BCUT2D eigenvalue weighted by molar-refractivity contribution is 5.80. The van der Waals surface area contributed by atoms with E-state index in [0.29, 0.717) is 12.3 Å². The molecule has 0 spiro atoms. The minimum atomic E-state index is 0.126. The zero-order valence-electron chi connectivity index (χ0n) is 9.64. The van der Waals surface area contributed by atoms with Crippen molar-refractivity contribution in [2.24, 2.45) is 16.3 Å². The number of nitrogens with zero attached hydrogens (tertiary/aromatic N) is 4. The molecular weight excluding hydrogens is 206 g/mol. The lowest BCUT2D eigenvalue weighted by atomic mass is 10.0. The first-order valence-electron chi connectivity index (χ1n) is 5.39. The molecule has 16 heavy (non-hydrogen) atoms. The molecule has 1 aromatic rings. The van der Waals surface area contributed by atoms with Gasteiger partial charge in [0.05, 0.1) is 0 Å². The molecule has 1 aromatic heterocycles. The van der Waals surface area contributed by atoms with Crippen molar-refractivity contribution in [1.82, 2.24) is 14.8 Å². The van der Waals surface area contributed by atoms with Gasteiger partial charge in [-0.1, -0.05) is 5.16 Å². The Morgan fingerprint density at radius 3 is 2.69 bits per heavy atom. The summed E-state index contributed by atoms with van der Waals surface area (Å²) < 4.78 is 1.91. The molecule has 0 saturated heterocycles. The van der Waals surface area contributed by atoms with E-state index >= 15 is 0 Å². The molecule has 1 heterocycles. The summed E-state index contributed by atoms with van der Waals surface area (Å²) in [7, 11) is 0. The van der Waals surface area contributed by atoms with Gasteiger partial charge in [-0.3, -0.25) is 0 Å². The number of nitrogens with two attached hydrogens (primary N) is 1. The van der Waals surface area contributed by atoms with E-state index in [-0.39, 0.29) is 5.41 Å². The van der Waals surface area contributed by atoms with E-state index in [9.17, 15) is 0 Å². The number of amidine groups is 1. The van der Waals surface area contributed by atoms with Crippen LogP contribution in [0.5, 0.6) is 0 Å². The van der Waals surface area contributed by atoms with E-state index in [4.69, 9.17) is 10.9 Å². The Balaban J connectivity index is 2.07. The third-order valence-corrected chi connectivity index (χ3v) is 3.09. The monoisotopic (exact) mass is 223 g/mol. The fraction of sp³-hybridized carbons (Fsp3) is 0.700. The Hall–Kier alpha value is -1.59. The first kappa shape index (κ1) is 10.9.